The van der Waals surface area contributed by atoms with E-state index in [0.717, 1.165) is 12.8 Å². The molecule has 0 radical (unpaired) electrons. The van der Waals surface area contributed by atoms with Crippen molar-refractivity contribution in [1.29, 1.82) is 0 Å². The van der Waals surface area contributed by atoms with E-state index in [1.54, 1.807) is 24.3 Å². The molecule has 1 atom stereocenters. The number of carbonyl (C=O) groups is 1. The molecular weight excluding hydrogens is 298 g/mol. The van der Waals surface area contributed by atoms with E-state index in [0.29, 0.717) is 30.1 Å². The Balaban J connectivity index is 1.97. The largest absolute Gasteiger partial charge is 0.329 e. The Labute approximate surface area is 133 Å². The minimum atomic E-state index is -0.592. The fraction of sp³-hybridized carbons (Fsp3) is 0.278. The van der Waals surface area contributed by atoms with Crippen molar-refractivity contribution in [3.63, 3.8) is 0 Å². The predicted octanol–water partition coefficient (Wildman–Crippen LogP) is 3.62. The molecule has 120 valence electrons. The van der Waals surface area contributed by atoms with Gasteiger partial charge in [0.25, 0.3) is 0 Å². The smallest absolute Gasteiger partial charge is 0.211 e. The highest BCUT2D eigenvalue weighted by atomic mass is 19.1. The summed E-state index contributed by atoms with van der Waals surface area (Å²) in [5.41, 5.74) is 1.31. The molecule has 23 heavy (non-hydrogen) atoms. The first kappa shape index (κ1) is 15.6. The fourth-order valence-corrected chi connectivity index (χ4v) is 2.66. The van der Waals surface area contributed by atoms with Gasteiger partial charge in [-0.2, -0.15) is 0 Å². The normalized spacial score (nSPS) is 15.2. The zero-order chi connectivity index (χ0) is 16.2. The lowest BCUT2D eigenvalue weighted by atomic mass is 9.97. The molecule has 0 heterocycles. The summed E-state index contributed by atoms with van der Waals surface area (Å²) in [6.45, 7) is 0.712. The molecule has 0 spiro atoms. The molecule has 2 aromatic carbocycles. The standard InChI is InChI=1S/C18H18F2N2O/c19-15-5-2-6-16(20)17(15)18(21-10-12-7-8-12)13-3-1-4-14(9-13)22-11-23/h1-6,9,11-12,18,21H,7-8,10H2,(H,22,23). The van der Waals surface area contributed by atoms with E-state index in [1.807, 2.05) is 0 Å². The van der Waals surface area contributed by atoms with Crippen molar-refractivity contribution in [3.8, 4) is 0 Å². The fourth-order valence-electron chi connectivity index (χ4n) is 2.66. The van der Waals surface area contributed by atoms with Gasteiger partial charge < -0.3 is 10.6 Å². The molecule has 2 aromatic rings. The molecule has 3 nitrogen and oxygen atoms in total. The predicted molar refractivity (Wildman–Crippen MR) is 85.1 cm³/mol. The second-order valence-corrected chi connectivity index (χ2v) is 5.81. The van der Waals surface area contributed by atoms with Gasteiger partial charge >= 0.3 is 0 Å². The number of amides is 1. The molecule has 1 aliphatic carbocycles. The van der Waals surface area contributed by atoms with E-state index in [4.69, 9.17) is 0 Å². The molecular formula is C18H18F2N2O. The Morgan fingerprint density at radius 1 is 1.13 bits per heavy atom. The average Bonchev–Trinajstić information content (AvgIpc) is 3.35. The zero-order valence-corrected chi connectivity index (χ0v) is 12.6. The Morgan fingerprint density at radius 3 is 2.48 bits per heavy atom. The lowest BCUT2D eigenvalue weighted by molar-refractivity contribution is -0.105. The lowest BCUT2D eigenvalue weighted by Crippen LogP contribution is -2.26. The number of rotatable bonds is 7. The number of hydrogen-bond acceptors (Lipinski definition) is 2. The van der Waals surface area contributed by atoms with Gasteiger partial charge in [-0.05, 0) is 55.1 Å². The summed E-state index contributed by atoms with van der Waals surface area (Å²) in [6.07, 6.45) is 2.87. The second-order valence-electron chi connectivity index (χ2n) is 5.81. The second kappa shape index (κ2) is 6.87. The van der Waals surface area contributed by atoms with Crippen LogP contribution in [-0.2, 0) is 4.79 Å². The molecule has 1 fully saturated rings. The van der Waals surface area contributed by atoms with Gasteiger partial charge in [-0.3, -0.25) is 4.79 Å². The molecule has 0 saturated heterocycles. The monoisotopic (exact) mass is 316 g/mol. The summed E-state index contributed by atoms with van der Waals surface area (Å²) in [7, 11) is 0. The average molecular weight is 316 g/mol. The third-order valence-corrected chi connectivity index (χ3v) is 4.04. The lowest BCUT2D eigenvalue weighted by Gasteiger charge is -2.21. The van der Waals surface area contributed by atoms with Crippen LogP contribution in [0, 0.1) is 17.6 Å². The van der Waals surface area contributed by atoms with E-state index in [9.17, 15) is 13.6 Å². The Bertz CT molecular complexity index is 681. The molecule has 1 saturated carbocycles. The summed E-state index contributed by atoms with van der Waals surface area (Å²) in [5, 5.41) is 5.83. The van der Waals surface area contributed by atoms with Gasteiger partial charge in [-0.25, -0.2) is 8.78 Å². The van der Waals surface area contributed by atoms with Crippen LogP contribution in [0.5, 0.6) is 0 Å². The molecule has 0 bridgehead atoms. The molecule has 1 aliphatic rings. The van der Waals surface area contributed by atoms with Crippen LogP contribution in [0.3, 0.4) is 0 Å². The van der Waals surface area contributed by atoms with Crippen molar-refractivity contribution < 1.29 is 13.6 Å². The van der Waals surface area contributed by atoms with Crippen molar-refractivity contribution in [2.75, 3.05) is 11.9 Å². The summed E-state index contributed by atoms with van der Waals surface area (Å²) in [5.74, 6) is -0.581. The van der Waals surface area contributed by atoms with E-state index >= 15 is 0 Å². The Hall–Kier alpha value is -2.27. The van der Waals surface area contributed by atoms with Crippen molar-refractivity contribution in [1.82, 2.24) is 5.32 Å². The van der Waals surface area contributed by atoms with Gasteiger partial charge in [-0.15, -0.1) is 0 Å². The van der Waals surface area contributed by atoms with Crippen molar-refractivity contribution >= 4 is 12.1 Å². The highest BCUT2D eigenvalue weighted by molar-refractivity contribution is 5.71. The first-order valence-electron chi connectivity index (χ1n) is 7.66. The number of benzene rings is 2. The molecule has 3 rings (SSSR count). The zero-order valence-electron chi connectivity index (χ0n) is 12.6. The van der Waals surface area contributed by atoms with Crippen molar-refractivity contribution in [3.05, 3.63) is 65.2 Å². The summed E-state index contributed by atoms with van der Waals surface area (Å²) in [6, 6.07) is 10.3. The maximum atomic E-state index is 14.2. The van der Waals surface area contributed by atoms with Gasteiger partial charge in [0.2, 0.25) is 6.41 Å². The maximum absolute atomic E-state index is 14.2. The quantitative estimate of drug-likeness (QED) is 0.766. The van der Waals surface area contributed by atoms with E-state index in [2.05, 4.69) is 10.6 Å². The van der Waals surface area contributed by atoms with Crippen LogP contribution in [0.1, 0.15) is 30.0 Å². The highest BCUT2D eigenvalue weighted by Gasteiger charge is 2.26. The molecule has 1 amide bonds. The van der Waals surface area contributed by atoms with Gasteiger partial charge in [0.15, 0.2) is 0 Å². The highest BCUT2D eigenvalue weighted by Crippen LogP contribution is 2.32. The minimum absolute atomic E-state index is 0.0106. The summed E-state index contributed by atoms with van der Waals surface area (Å²) < 4.78 is 28.4. The summed E-state index contributed by atoms with van der Waals surface area (Å²) in [4.78, 5) is 10.6. The Kier molecular flexibility index (Phi) is 4.67. The first-order valence-corrected chi connectivity index (χ1v) is 7.66. The van der Waals surface area contributed by atoms with Gasteiger partial charge in [0.1, 0.15) is 11.6 Å². The van der Waals surface area contributed by atoms with Crippen LogP contribution in [0.25, 0.3) is 0 Å². The van der Waals surface area contributed by atoms with Gasteiger partial charge in [0, 0.05) is 11.3 Å². The maximum Gasteiger partial charge on any atom is 0.211 e. The van der Waals surface area contributed by atoms with E-state index in [1.165, 1.54) is 18.2 Å². The van der Waals surface area contributed by atoms with Crippen molar-refractivity contribution in [2.24, 2.45) is 5.92 Å². The molecule has 0 aromatic heterocycles. The van der Waals surface area contributed by atoms with Gasteiger partial charge in [-0.1, -0.05) is 18.2 Å². The Morgan fingerprint density at radius 2 is 1.83 bits per heavy atom. The molecule has 1 unspecified atom stereocenters. The van der Waals surface area contributed by atoms with Crippen LogP contribution >= 0.6 is 0 Å². The van der Waals surface area contributed by atoms with E-state index < -0.39 is 17.7 Å². The molecule has 0 aliphatic heterocycles. The number of hydrogen-bond donors (Lipinski definition) is 2. The SMILES string of the molecule is O=CNc1cccc(C(NCC2CC2)c2c(F)cccc2F)c1. The van der Waals surface area contributed by atoms with Crippen LogP contribution < -0.4 is 10.6 Å². The number of anilines is 1. The topological polar surface area (TPSA) is 41.1 Å². The third-order valence-electron chi connectivity index (χ3n) is 4.04. The van der Waals surface area contributed by atoms with Crippen LogP contribution in [0.15, 0.2) is 42.5 Å². The summed E-state index contributed by atoms with van der Waals surface area (Å²) >= 11 is 0. The molecule has 2 N–H and O–H groups in total. The van der Waals surface area contributed by atoms with Crippen molar-refractivity contribution in [2.45, 2.75) is 18.9 Å². The third kappa shape index (κ3) is 3.74. The number of nitrogens with one attached hydrogen (secondary N) is 2. The van der Waals surface area contributed by atoms with Crippen LogP contribution in [0.4, 0.5) is 14.5 Å². The molecule has 5 heteroatoms. The van der Waals surface area contributed by atoms with Crippen LogP contribution in [0.2, 0.25) is 0 Å². The van der Waals surface area contributed by atoms with E-state index in [-0.39, 0.29) is 5.56 Å². The number of halogens is 2. The number of carbonyl (C=O) groups excluding carboxylic acids is 1. The first-order chi connectivity index (χ1) is 11.2. The van der Waals surface area contributed by atoms with Gasteiger partial charge in [0.05, 0.1) is 6.04 Å². The minimum Gasteiger partial charge on any atom is -0.329 e. The van der Waals surface area contributed by atoms with Crippen LogP contribution in [-0.4, -0.2) is 13.0 Å².